The minimum absolute atomic E-state index is 0.0605. The van der Waals surface area contributed by atoms with E-state index < -0.39 is 5.82 Å². The first-order chi connectivity index (χ1) is 13.9. The zero-order valence-corrected chi connectivity index (χ0v) is 16.4. The Bertz CT molecular complexity index is 1090. The number of hydrogen-bond donors (Lipinski definition) is 1. The second-order valence-electron chi connectivity index (χ2n) is 5.94. The van der Waals surface area contributed by atoms with Crippen LogP contribution in [0.25, 0.3) is 6.08 Å². The Hall–Kier alpha value is -3.52. The van der Waals surface area contributed by atoms with Crippen LogP contribution in [0.3, 0.4) is 0 Å². The number of phenolic OH excluding ortho intramolecular Hbond substituents is 1. The van der Waals surface area contributed by atoms with Crippen LogP contribution in [0.2, 0.25) is 0 Å². The number of anilines is 2. The highest BCUT2D eigenvalue weighted by Gasteiger charge is 2.20. The third kappa shape index (κ3) is 4.49. The van der Waals surface area contributed by atoms with Gasteiger partial charge in [0.05, 0.1) is 18.5 Å². The van der Waals surface area contributed by atoms with Gasteiger partial charge in [0, 0.05) is 17.9 Å². The Morgan fingerprint density at radius 2 is 2.00 bits per heavy atom. The van der Waals surface area contributed by atoms with E-state index in [1.165, 1.54) is 67.5 Å². The molecule has 3 aromatic rings. The van der Waals surface area contributed by atoms with E-state index in [9.17, 15) is 19.1 Å². The average Bonchev–Trinajstić information content (AvgIpc) is 3.16. The molecule has 0 radical (unpaired) electrons. The highest BCUT2D eigenvalue weighted by atomic mass is 32.1. The van der Waals surface area contributed by atoms with Crippen LogP contribution in [0.1, 0.15) is 23.0 Å². The summed E-state index contributed by atoms with van der Waals surface area (Å²) < 4.78 is 19.1. The number of phenols is 1. The number of carbonyl (C=O) groups is 2. The number of aromatic nitrogens is 1. The van der Waals surface area contributed by atoms with Crippen molar-refractivity contribution in [3.8, 4) is 11.5 Å². The van der Waals surface area contributed by atoms with E-state index in [1.807, 2.05) is 0 Å². The summed E-state index contributed by atoms with van der Waals surface area (Å²) in [7, 11) is 1.40. The van der Waals surface area contributed by atoms with Gasteiger partial charge in [0.15, 0.2) is 22.4 Å². The Morgan fingerprint density at radius 1 is 1.24 bits per heavy atom. The van der Waals surface area contributed by atoms with Gasteiger partial charge in [-0.2, -0.15) is 0 Å². The zero-order chi connectivity index (χ0) is 21.0. The summed E-state index contributed by atoms with van der Waals surface area (Å²) >= 11 is 1.16. The second-order valence-corrected chi connectivity index (χ2v) is 6.78. The Balaban J connectivity index is 1.83. The first-order valence-electron chi connectivity index (χ1n) is 8.51. The zero-order valence-electron chi connectivity index (χ0n) is 15.6. The standard InChI is InChI=1S/C21H17FN2O4S/c1-13(25)24(17-6-4-3-5-16(17)22)21-23-15(12-29-21)8-10-18(26)14-7-9-19(27)20(11-14)28-2/h3-12,27H,1-2H3/b10-8+. The van der Waals surface area contributed by atoms with Crippen molar-refractivity contribution in [3.63, 3.8) is 0 Å². The topological polar surface area (TPSA) is 79.7 Å². The number of amides is 1. The molecule has 0 saturated carbocycles. The van der Waals surface area contributed by atoms with Crippen LogP contribution in [0, 0.1) is 5.82 Å². The third-order valence-corrected chi connectivity index (χ3v) is 4.82. The Labute approximate surface area is 170 Å². The highest BCUT2D eigenvalue weighted by molar-refractivity contribution is 7.14. The highest BCUT2D eigenvalue weighted by Crippen LogP contribution is 2.31. The second kappa shape index (κ2) is 8.66. The smallest absolute Gasteiger partial charge is 0.230 e. The number of thiazole rings is 1. The number of rotatable bonds is 6. The molecule has 1 N–H and O–H groups in total. The molecule has 3 rings (SSSR count). The van der Waals surface area contributed by atoms with Crippen LogP contribution in [0.15, 0.2) is 53.9 Å². The molecule has 0 fully saturated rings. The SMILES string of the molecule is COc1cc(C(=O)/C=C/c2csc(N(C(C)=O)c3ccccc3F)n2)ccc1O. The molecule has 0 aliphatic carbocycles. The van der Waals surface area contributed by atoms with Gasteiger partial charge < -0.3 is 9.84 Å². The molecular weight excluding hydrogens is 395 g/mol. The number of aromatic hydroxyl groups is 1. The van der Waals surface area contributed by atoms with Crippen molar-refractivity contribution in [1.29, 1.82) is 0 Å². The largest absolute Gasteiger partial charge is 0.504 e. The van der Waals surface area contributed by atoms with E-state index in [-0.39, 0.29) is 28.9 Å². The van der Waals surface area contributed by atoms with Gasteiger partial charge in [-0.05, 0) is 42.5 Å². The van der Waals surface area contributed by atoms with Gasteiger partial charge in [-0.25, -0.2) is 9.37 Å². The molecule has 0 saturated heterocycles. The van der Waals surface area contributed by atoms with Gasteiger partial charge in [-0.15, -0.1) is 11.3 Å². The number of benzene rings is 2. The third-order valence-electron chi connectivity index (χ3n) is 3.98. The van der Waals surface area contributed by atoms with Crippen LogP contribution in [-0.4, -0.2) is 28.9 Å². The molecule has 1 aromatic heterocycles. The van der Waals surface area contributed by atoms with E-state index in [4.69, 9.17) is 4.74 Å². The van der Waals surface area contributed by atoms with Crippen molar-refractivity contribution < 1.29 is 23.8 Å². The van der Waals surface area contributed by atoms with Crippen LogP contribution in [0.5, 0.6) is 11.5 Å². The van der Waals surface area contributed by atoms with Gasteiger partial charge in [0.25, 0.3) is 0 Å². The summed E-state index contributed by atoms with van der Waals surface area (Å²) in [5.74, 6) is -1.09. The molecule has 0 unspecified atom stereocenters. The molecule has 0 bridgehead atoms. The number of halogens is 1. The van der Waals surface area contributed by atoms with E-state index in [1.54, 1.807) is 11.4 Å². The predicted molar refractivity (Wildman–Crippen MR) is 109 cm³/mol. The van der Waals surface area contributed by atoms with Gasteiger partial charge >= 0.3 is 0 Å². The molecule has 0 aliphatic heterocycles. The number of ketones is 1. The fourth-order valence-electron chi connectivity index (χ4n) is 2.58. The Morgan fingerprint density at radius 3 is 2.69 bits per heavy atom. The fourth-order valence-corrected chi connectivity index (χ4v) is 3.43. The molecule has 1 amide bonds. The van der Waals surface area contributed by atoms with Crippen LogP contribution >= 0.6 is 11.3 Å². The summed E-state index contributed by atoms with van der Waals surface area (Å²) in [6, 6.07) is 10.2. The fraction of sp³-hybridized carbons (Fsp3) is 0.0952. The van der Waals surface area contributed by atoms with Gasteiger partial charge in [-0.1, -0.05) is 12.1 Å². The minimum Gasteiger partial charge on any atom is -0.504 e. The van der Waals surface area contributed by atoms with Gasteiger partial charge in [0.1, 0.15) is 5.82 Å². The summed E-state index contributed by atoms with van der Waals surface area (Å²) in [6.07, 6.45) is 2.83. The van der Waals surface area contributed by atoms with E-state index in [0.717, 1.165) is 11.3 Å². The molecule has 8 heteroatoms. The quantitative estimate of drug-likeness (QED) is 0.474. The van der Waals surface area contributed by atoms with Gasteiger partial charge in [-0.3, -0.25) is 14.5 Å². The lowest BCUT2D eigenvalue weighted by atomic mass is 10.1. The van der Waals surface area contributed by atoms with Crippen LogP contribution < -0.4 is 9.64 Å². The Kier molecular flexibility index (Phi) is 6.04. The van der Waals surface area contributed by atoms with Gasteiger partial charge in [0.2, 0.25) is 5.91 Å². The number of para-hydroxylation sites is 1. The summed E-state index contributed by atoms with van der Waals surface area (Å²) in [5, 5.41) is 11.6. The first kappa shape index (κ1) is 20.2. The van der Waals surface area contributed by atoms with Crippen molar-refractivity contribution in [2.45, 2.75) is 6.92 Å². The van der Waals surface area contributed by atoms with Crippen molar-refractivity contribution >= 4 is 39.9 Å². The predicted octanol–water partition coefficient (Wildman–Crippen LogP) is 4.58. The summed E-state index contributed by atoms with van der Waals surface area (Å²) in [4.78, 5) is 29.9. The summed E-state index contributed by atoms with van der Waals surface area (Å²) in [5.41, 5.74) is 0.895. The molecule has 0 spiro atoms. The van der Waals surface area contributed by atoms with Crippen molar-refractivity contribution in [1.82, 2.24) is 4.98 Å². The van der Waals surface area contributed by atoms with Crippen LogP contribution in [-0.2, 0) is 4.79 Å². The molecule has 29 heavy (non-hydrogen) atoms. The average molecular weight is 412 g/mol. The van der Waals surface area contributed by atoms with Crippen LogP contribution in [0.4, 0.5) is 15.2 Å². The molecule has 0 aliphatic rings. The number of allylic oxidation sites excluding steroid dienone is 1. The molecule has 6 nitrogen and oxygen atoms in total. The van der Waals surface area contributed by atoms with Crippen molar-refractivity contribution in [3.05, 3.63) is 71.0 Å². The number of nitrogens with zero attached hydrogens (tertiary/aromatic N) is 2. The normalized spacial score (nSPS) is 10.9. The van der Waals surface area contributed by atoms with Crippen molar-refractivity contribution in [2.75, 3.05) is 12.0 Å². The molecule has 0 atom stereocenters. The maximum atomic E-state index is 14.1. The monoisotopic (exact) mass is 412 g/mol. The number of hydrogen-bond acceptors (Lipinski definition) is 6. The molecule has 2 aromatic carbocycles. The first-order valence-corrected chi connectivity index (χ1v) is 9.39. The lowest BCUT2D eigenvalue weighted by Gasteiger charge is -2.18. The van der Waals surface area contributed by atoms with E-state index >= 15 is 0 Å². The summed E-state index contributed by atoms with van der Waals surface area (Å²) in [6.45, 7) is 1.32. The number of methoxy groups -OCH3 is 1. The maximum Gasteiger partial charge on any atom is 0.230 e. The lowest BCUT2D eigenvalue weighted by molar-refractivity contribution is -0.115. The lowest BCUT2D eigenvalue weighted by Crippen LogP contribution is -2.23. The van der Waals surface area contributed by atoms with E-state index in [2.05, 4.69) is 4.98 Å². The van der Waals surface area contributed by atoms with Crippen molar-refractivity contribution in [2.24, 2.45) is 0 Å². The number of carbonyl (C=O) groups excluding carboxylic acids is 2. The van der Waals surface area contributed by atoms with E-state index in [0.29, 0.717) is 16.4 Å². The molecular formula is C21H17FN2O4S. The molecule has 148 valence electrons. The number of ether oxygens (including phenoxy) is 1. The molecule has 1 heterocycles. The maximum absolute atomic E-state index is 14.1. The minimum atomic E-state index is -0.536.